The van der Waals surface area contributed by atoms with Crippen LogP contribution in [0.3, 0.4) is 0 Å². The van der Waals surface area contributed by atoms with Crippen molar-refractivity contribution in [2.75, 3.05) is 7.11 Å². The van der Waals surface area contributed by atoms with E-state index in [1.807, 2.05) is 0 Å². The van der Waals surface area contributed by atoms with Crippen LogP contribution < -0.4 is 4.74 Å². The lowest BCUT2D eigenvalue weighted by molar-refractivity contribution is -0.274. The molecule has 0 aliphatic carbocycles. The van der Waals surface area contributed by atoms with E-state index in [-0.39, 0.29) is 11.3 Å². The Hall–Kier alpha value is -2.70. The molecule has 0 amide bonds. The fourth-order valence-electron chi connectivity index (χ4n) is 1.89. The number of alkyl halides is 3. The number of carbonyl (C=O) groups excluding carboxylic acids is 1. The van der Waals surface area contributed by atoms with Crippen molar-refractivity contribution in [2.45, 2.75) is 6.36 Å². The number of aromatic hydroxyl groups is 1. The Balaban J connectivity index is 2.41. The minimum absolute atomic E-state index is 0.0830. The van der Waals surface area contributed by atoms with Gasteiger partial charge < -0.3 is 14.6 Å². The van der Waals surface area contributed by atoms with Crippen LogP contribution in [0, 0.1) is 0 Å². The third-order valence-corrected chi connectivity index (χ3v) is 2.74. The number of ether oxygens (including phenoxy) is 2. The van der Waals surface area contributed by atoms with Gasteiger partial charge in [0.05, 0.1) is 12.7 Å². The number of phenolic OH excluding ortho intramolecular Hbond substituents is 1. The normalized spacial score (nSPS) is 11.1. The number of methoxy groups -OCH3 is 1. The minimum atomic E-state index is -4.80. The van der Waals surface area contributed by atoms with Crippen molar-refractivity contribution in [3.05, 3.63) is 48.0 Å². The van der Waals surface area contributed by atoms with Crippen LogP contribution in [0.1, 0.15) is 10.4 Å². The molecule has 0 bridgehead atoms. The van der Waals surface area contributed by atoms with Crippen molar-refractivity contribution in [3.63, 3.8) is 0 Å². The largest absolute Gasteiger partial charge is 0.573 e. The van der Waals surface area contributed by atoms with Gasteiger partial charge in [0.15, 0.2) is 0 Å². The lowest BCUT2D eigenvalue weighted by Gasteiger charge is -2.11. The molecule has 0 aliphatic rings. The standard InChI is InChI=1S/C15H11F3O4/c1-21-14(20)11-5-10(6-12(19)7-11)9-3-2-4-13(8-9)22-15(16,17)18/h2-8,19H,1H3. The van der Waals surface area contributed by atoms with Crippen molar-refractivity contribution < 1.29 is 32.5 Å². The summed E-state index contributed by atoms with van der Waals surface area (Å²) < 4.78 is 45.1. The van der Waals surface area contributed by atoms with Crippen LogP contribution in [0.25, 0.3) is 11.1 Å². The van der Waals surface area contributed by atoms with Crippen LogP contribution in [-0.4, -0.2) is 24.5 Å². The summed E-state index contributed by atoms with van der Waals surface area (Å²) in [6.07, 6.45) is -4.80. The molecule has 2 aromatic rings. The molecule has 0 spiro atoms. The topological polar surface area (TPSA) is 55.8 Å². The predicted octanol–water partition coefficient (Wildman–Crippen LogP) is 3.74. The maximum atomic E-state index is 12.2. The second-order valence-corrected chi connectivity index (χ2v) is 4.34. The average molecular weight is 312 g/mol. The van der Waals surface area contributed by atoms with Gasteiger partial charge in [0, 0.05) is 0 Å². The molecule has 0 fully saturated rings. The average Bonchev–Trinajstić information content (AvgIpc) is 2.44. The molecular formula is C15H11F3O4. The van der Waals surface area contributed by atoms with Gasteiger partial charge in [-0.1, -0.05) is 12.1 Å². The van der Waals surface area contributed by atoms with Gasteiger partial charge in [-0.15, -0.1) is 13.2 Å². The summed E-state index contributed by atoms with van der Waals surface area (Å²) in [7, 11) is 1.18. The number of hydrogen-bond donors (Lipinski definition) is 1. The van der Waals surface area contributed by atoms with E-state index in [2.05, 4.69) is 9.47 Å². The lowest BCUT2D eigenvalue weighted by atomic mass is 10.0. The molecule has 0 atom stereocenters. The molecule has 0 unspecified atom stereocenters. The van der Waals surface area contributed by atoms with Crippen LogP contribution in [0.4, 0.5) is 13.2 Å². The van der Waals surface area contributed by atoms with Crippen LogP contribution >= 0.6 is 0 Å². The highest BCUT2D eigenvalue weighted by Gasteiger charge is 2.31. The Morgan fingerprint density at radius 1 is 1.09 bits per heavy atom. The van der Waals surface area contributed by atoms with Crippen molar-refractivity contribution in [1.82, 2.24) is 0 Å². The maximum absolute atomic E-state index is 12.2. The molecule has 2 rings (SSSR count). The van der Waals surface area contributed by atoms with Crippen LogP contribution in [-0.2, 0) is 4.74 Å². The second kappa shape index (κ2) is 5.97. The number of phenols is 1. The first-order valence-corrected chi connectivity index (χ1v) is 6.07. The molecule has 0 radical (unpaired) electrons. The van der Waals surface area contributed by atoms with Gasteiger partial charge >= 0.3 is 12.3 Å². The molecule has 2 aromatic carbocycles. The number of esters is 1. The molecular weight excluding hydrogens is 301 g/mol. The number of hydrogen-bond acceptors (Lipinski definition) is 4. The molecule has 4 nitrogen and oxygen atoms in total. The van der Waals surface area contributed by atoms with E-state index in [4.69, 9.17) is 0 Å². The van der Waals surface area contributed by atoms with Gasteiger partial charge in [-0.2, -0.15) is 0 Å². The fraction of sp³-hybridized carbons (Fsp3) is 0.133. The number of carbonyl (C=O) groups is 1. The summed E-state index contributed by atoms with van der Waals surface area (Å²) in [4.78, 5) is 11.5. The van der Waals surface area contributed by atoms with E-state index in [1.165, 1.54) is 37.4 Å². The Morgan fingerprint density at radius 2 is 1.82 bits per heavy atom. The first-order chi connectivity index (χ1) is 10.3. The van der Waals surface area contributed by atoms with Crippen LogP contribution in [0.5, 0.6) is 11.5 Å². The van der Waals surface area contributed by atoms with Gasteiger partial charge in [0.25, 0.3) is 0 Å². The molecule has 0 heterocycles. The zero-order valence-electron chi connectivity index (χ0n) is 11.3. The zero-order chi connectivity index (χ0) is 16.3. The fourth-order valence-corrected chi connectivity index (χ4v) is 1.89. The monoisotopic (exact) mass is 312 g/mol. The Labute approximate surface area is 123 Å². The van der Waals surface area contributed by atoms with Crippen molar-refractivity contribution in [2.24, 2.45) is 0 Å². The smallest absolute Gasteiger partial charge is 0.508 e. The third-order valence-electron chi connectivity index (χ3n) is 2.74. The second-order valence-electron chi connectivity index (χ2n) is 4.34. The molecule has 1 N–H and O–H groups in total. The van der Waals surface area contributed by atoms with Gasteiger partial charge in [-0.25, -0.2) is 4.79 Å². The van der Waals surface area contributed by atoms with Gasteiger partial charge in [0.2, 0.25) is 0 Å². The van der Waals surface area contributed by atoms with Gasteiger partial charge in [-0.3, -0.25) is 0 Å². The highest BCUT2D eigenvalue weighted by Crippen LogP contribution is 2.30. The third kappa shape index (κ3) is 3.91. The van der Waals surface area contributed by atoms with Gasteiger partial charge in [-0.05, 0) is 41.5 Å². The summed E-state index contributed by atoms with van der Waals surface area (Å²) in [5, 5.41) is 9.64. The quantitative estimate of drug-likeness (QED) is 0.877. The summed E-state index contributed by atoms with van der Waals surface area (Å²) in [6.45, 7) is 0. The molecule has 0 saturated heterocycles. The number of halogens is 3. The highest BCUT2D eigenvalue weighted by molar-refractivity contribution is 5.91. The van der Waals surface area contributed by atoms with Gasteiger partial charge in [0.1, 0.15) is 11.5 Å². The zero-order valence-corrected chi connectivity index (χ0v) is 11.3. The molecule has 0 aliphatic heterocycles. The first-order valence-electron chi connectivity index (χ1n) is 6.07. The molecule has 116 valence electrons. The Bertz CT molecular complexity index is 695. The van der Waals surface area contributed by atoms with E-state index in [1.54, 1.807) is 0 Å². The summed E-state index contributed by atoms with van der Waals surface area (Å²) in [5.74, 6) is -1.27. The van der Waals surface area contributed by atoms with Crippen molar-refractivity contribution >= 4 is 5.97 Å². The predicted molar refractivity (Wildman–Crippen MR) is 71.6 cm³/mol. The Kier molecular flexibility index (Phi) is 4.25. The summed E-state index contributed by atoms with van der Waals surface area (Å²) in [6, 6.07) is 9.13. The van der Waals surface area contributed by atoms with E-state index >= 15 is 0 Å². The maximum Gasteiger partial charge on any atom is 0.573 e. The molecule has 0 aromatic heterocycles. The first kappa shape index (κ1) is 15.7. The Morgan fingerprint density at radius 3 is 2.45 bits per heavy atom. The van der Waals surface area contributed by atoms with Crippen molar-refractivity contribution in [3.8, 4) is 22.6 Å². The van der Waals surface area contributed by atoms with E-state index < -0.39 is 18.1 Å². The van der Waals surface area contributed by atoms with E-state index in [9.17, 15) is 23.1 Å². The van der Waals surface area contributed by atoms with Crippen molar-refractivity contribution in [1.29, 1.82) is 0 Å². The minimum Gasteiger partial charge on any atom is -0.508 e. The molecule has 0 saturated carbocycles. The van der Waals surface area contributed by atoms with E-state index in [0.29, 0.717) is 11.1 Å². The van der Waals surface area contributed by atoms with Crippen LogP contribution in [0.2, 0.25) is 0 Å². The van der Waals surface area contributed by atoms with Crippen LogP contribution in [0.15, 0.2) is 42.5 Å². The molecule has 7 heteroatoms. The lowest BCUT2D eigenvalue weighted by Crippen LogP contribution is -2.17. The molecule has 22 heavy (non-hydrogen) atoms. The summed E-state index contributed by atoms with van der Waals surface area (Å²) in [5.41, 5.74) is 0.787. The number of benzene rings is 2. The van der Waals surface area contributed by atoms with E-state index in [0.717, 1.165) is 12.1 Å². The summed E-state index contributed by atoms with van der Waals surface area (Å²) >= 11 is 0. The highest BCUT2D eigenvalue weighted by atomic mass is 19.4. The SMILES string of the molecule is COC(=O)c1cc(O)cc(-c2cccc(OC(F)(F)F)c2)c1. The number of rotatable bonds is 3.